The Morgan fingerprint density at radius 3 is 2.71 bits per heavy atom. The number of fused-ring (bicyclic) bond motifs is 1. The first-order chi connectivity index (χ1) is 11.6. The van der Waals surface area contributed by atoms with Crippen molar-refractivity contribution in [2.45, 2.75) is 0 Å². The summed E-state index contributed by atoms with van der Waals surface area (Å²) in [6, 6.07) is 11.8. The summed E-state index contributed by atoms with van der Waals surface area (Å²) in [5, 5.41) is 8.56. The molecule has 120 valence electrons. The molecule has 4 rings (SSSR count). The van der Waals surface area contributed by atoms with Gasteiger partial charge in [-0.15, -0.1) is 11.3 Å². The van der Waals surface area contributed by atoms with Crippen molar-refractivity contribution in [3.05, 3.63) is 58.4 Å². The smallest absolute Gasteiger partial charge is 0.284 e. The zero-order valence-electron chi connectivity index (χ0n) is 13.1. The van der Waals surface area contributed by atoms with Crippen molar-refractivity contribution in [2.24, 2.45) is 5.10 Å². The maximum Gasteiger partial charge on any atom is 0.284 e. The van der Waals surface area contributed by atoms with Gasteiger partial charge in [0.05, 0.1) is 20.7 Å². The van der Waals surface area contributed by atoms with Crippen LogP contribution in [-0.4, -0.2) is 35.6 Å². The van der Waals surface area contributed by atoms with Crippen LogP contribution in [0.4, 0.5) is 5.13 Å². The Morgan fingerprint density at radius 1 is 1.17 bits per heavy atom. The lowest BCUT2D eigenvalue weighted by atomic mass is 10.1. The van der Waals surface area contributed by atoms with E-state index in [-0.39, 0.29) is 5.91 Å². The molecule has 1 amide bonds. The highest BCUT2D eigenvalue weighted by molar-refractivity contribution is 7.22. The average Bonchev–Trinajstić information content (AvgIpc) is 3.26. The molecule has 0 atom stereocenters. The quantitative estimate of drug-likeness (QED) is 0.676. The van der Waals surface area contributed by atoms with E-state index >= 15 is 0 Å². The monoisotopic (exact) mass is 354 g/mol. The maximum atomic E-state index is 12.9. The summed E-state index contributed by atoms with van der Waals surface area (Å²) in [5.41, 5.74) is 2.16. The number of carbonyl (C=O) groups is 1. The van der Waals surface area contributed by atoms with E-state index in [0.29, 0.717) is 16.4 Å². The number of aromatic nitrogens is 1. The third-order valence-corrected chi connectivity index (χ3v) is 5.37. The predicted octanol–water partition coefficient (Wildman–Crippen LogP) is 3.55. The highest BCUT2D eigenvalue weighted by Crippen LogP contribution is 2.33. The summed E-state index contributed by atoms with van der Waals surface area (Å²) in [6.07, 6.45) is 1.81. The van der Waals surface area contributed by atoms with Gasteiger partial charge >= 0.3 is 0 Å². The van der Waals surface area contributed by atoms with Gasteiger partial charge < -0.3 is 4.90 Å². The molecule has 0 saturated heterocycles. The second-order valence-electron chi connectivity index (χ2n) is 5.51. The molecule has 0 saturated carbocycles. The molecule has 24 heavy (non-hydrogen) atoms. The molecule has 0 N–H and O–H groups in total. The molecule has 1 aliphatic heterocycles. The molecule has 0 bridgehead atoms. The summed E-state index contributed by atoms with van der Waals surface area (Å²) in [5.74, 6) is -0.147. The van der Waals surface area contributed by atoms with Crippen molar-refractivity contribution in [3.63, 3.8) is 0 Å². The number of thiazole rings is 1. The van der Waals surface area contributed by atoms with Gasteiger partial charge in [-0.1, -0.05) is 29.5 Å². The van der Waals surface area contributed by atoms with Crippen LogP contribution in [-0.2, 0) is 4.79 Å². The fourth-order valence-corrected chi connectivity index (χ4v) is 4.10. The largest absolute Gasteiger partial charge is 0.383 e. The van der Waals surface area contributed by atoms with Gasteiger partial charge in [-0.25, -0.2) is 4.98 Å². The third kappa shape index (κ3) is 2.51. The summed E-state index contributed by atoms with van der Waals surface area (Å²) >= 11 is 3.04. The van der Waals surface area contributed by atoms with Crippen LogP contribution in [0.5, 0.6) is 0 Å². The first kappa shape index (κ1) is 15.0. The Balaban J connectivity index is 1.82. The number of rotatable bonds is 3. The van der Waals surface area contributed by atoms with Crippen molar-refractivity contribution in [1.82, 2.24) is 9.88 Å². The Bertz CT molecular complexity index is 937. The summed E-state index contributed by atoms with van der Waals surface area (Å²) in [7, 11) is 3.79. The lowest BCUT2D eigenvalue weighted by molar-refractivity contribution is -0.114. The molecule has 1 aliphatic rings. The number of hydrazone groups is 1. The van der Waals surface area contributed by atoms with Crippen molar-refractivity contribution < 1.29 is 4.79 Å². The molecule has 1 aromatic carbocycles. The van der Waals surface area contributed by atoms with E-state index < -0.39 is 0 Å². The van der Waals surface area contributed by atoms with Crippen molar-refractivity contribution in [2.75, 3.05) is 19.1 Å². The number of hydrogen-bond donors (Lipinski definition) is 0. The minimum atomic E-state index is -0.147. The fraction of sp³-hybridized carbons (Fsp3) is 0.118. The Hall–Kier alpha value is -2.51. The van der Waals surface area contributed by atoms with Crippen molar-refractivity contribution >= 4 is 49.6 Å². The lowest BCUT2D eigenvalue weighted by Gasteiger charge is -2.08. The topological polar surface area (TPSA) is 48.8 Å². The molecular weight excluding hydrogens is 340 g/mol. The minimum absolute atomic E-state index is 0.147. The number of nitrogens with zero attached hydrogens (tertiary/aromatic N) is 4. The maximum absolute atomic E-state index is 12.9. The van der Waals surface area contributed by atoms with Gasteiger partial charge in [-0.2, -0.15) is 10.1 Å². The van der Waals surface area contributed by atoms with E-state index in [9.17, 15) is 4.79 Å². The van der Waals surface area contributed by atoms with Gasteiger partial charge in [-0.3, -0.25) is 4.79 Å². The molecule has 7 heteroatoms. The van der Waals surface area contributed by atoms with E-state index in [1.165, 1.54) is 16.3 Å². The molecule has 0 aliphatic carbocycles. The zero-order chi connectivity index (χ0) is 16.7. The van der Waals surface area contributed by atoms with E-state index in [1.54, 1.807) is 11.3 Å². The molecule has 0 spiro atoms. The Kier molecular flexibility index (Phi) is 3.66. The number of amides is 1. The van der Waals surface area contributed by atoms with Gasteiger partial charge in [0, 0.05) is 20.3 Å². The summed E-state index contributed by atoms with van der Waals surface area (Å²) in [6.45, 7) is 0. The normalized spacial score (nSPS) is 16.2. The number of para-hydroxylation sites is 1. The first-order valence-electron chi connectivity index (χ1n) is 7.34. The Labute approximate surface area is 147 Å². The lowest BCUT2D eigenvalue weighted by Crippen LogP contribution is -2.22. The van der Waals surface area contributed by atoms with Crippen LogP contribution in [0, 0.1) is 0 Å². The van der Waals surface area contributed by atoms with Crippen molar-refractivity contribution in [1.29, 1.82) is 0 Å². The van der Waals surface area contributed by atoms with Gasteiger partial charge in [0.2, 0.25) is 5.13 Å². The zero-order valence-corrected chi connectivity index (χ0v) is 14.8. The van der Waals surface area contributed by atoms with Gasteiger partial charge in [0.15, 0.2) is 0 Å². The number of carbonyl (C=O) groups excluding carboxylic acids is 1. The molecule has 0 unspecified atom stereocenters. The average molecular weight is 354 g/mol. The molecule has 3 heterocycles. The molecule has 3 aromatic rings. The standard InChI is InChI=1S/C17H14N4OS2/c1-20(2)10-11-15(14-8-5-9-23-14)19-21(16(11)22)17-18-12-6-3-4-7-13(12)24-17/h3-10H,1-2H3. The van der Waals surface area contributed by atoms with E-state index in [2.05, 4.69) is 10.1 Å². The van der Waals surface area contributed by atoms with Crippen LogP contribution in [0.3, 0.4) is 0 Å². The summed E-state index contributed by atoms with van der Waals surface area (Å²) in [4.78, 5) is 20.3. The van der Waals surface area contributed by atoms with Gasteiger partial charge in [0.25, 0.3) is 5.91 Å². The van der Waals surface area contributed by atoms with E-state index in [0.717, 1.165) is 15.1 Å². The van der Waals surface area contributed by atoms with Crippen LogP contribution >= 0.6 is 22.7 Å². The third-order valence-electron chi connectivity index (χ3n) is 3.48. The van der Waals surface area contributed by atoms with Crippen molar-refractivity contribution in [3.8, 4) is 0 Å². The molecular formula is C17H14N4OS2. The summed E-state index contributed by atoms with van der Waals surface area (Å²) < 4.78 is 1.04. The van der Waals surface area contributed by atoms with Crippen LogP contribution in [0.25, 0.3) is 10.2 Å². The highest BCUT2D eigenvalue weighted by atomic mass is 32.1. The number of hydrogen-bond acceptors (Lipinski definition) is 6. The van der Waals surface area contributed by atoms with Crippen LogP contribution in [0.1, 0.15) is 4.88 Å². The molecule has 2 aromatic heterocycles. The van der Waals surface area contributed by atoms with Gasteiger partial charge in [0.1, 0.15) is 5.71 Å². The minimum Gasteiger partial charge on any atom is -0.383 e. The molecule has 0 radical (unpaired) electrons. The van der Waals surface area contributed by atoms with Crippen LogP contribution in [0.15, 0.2) is 58.7 Å². The van der Waals surface area contributed by atoms with Crippen LogP contribution in [0.2, 0.25) is 0 Å². The number of anilines is 1. The highest BCUT2D eigenvalue weighted by Gasteiger charge is 2.34. The SMILES string of the molecule is CN(C)C=C1C(=O)N(c2nc3ccccc3s2)N=C1c1cccs1. The first-order valence-corrected chi connectivity index (χ1v) is 9.04. The second kappa shape index (κ2) is 5.85. The van der Waals surface area contributed by atoms with Gasteiger partial charge in [-0.05, 0) is 23.6 Å². The number of thiophene rings is 1. The van der Waals surface area contributed by atoms with Crippen LogP contribution < -0.4 is 5.01 Å². The van der Waals surface area contributed by atoms with E-state index in [1.807, 2.05) is 67.0 Å². The van der Waals surface area contributed by atoms with E-state index in [4.69, 9.17) is 0 Å². The molecule has 0 fully saturated rings. The predicted molar refractivity (Wildman–Crippen MR) is 99.7 cm³/mol. The Morgan fingerprint density at radius 2 is 2.00 bits per heavy atom. The number of benzene rings is 1. The fourth-order valence-electron chi connectivity index (χ4n) is 2.46. The second-order valence-corrected chi connectivity index (χ2v) is 7.47. The molecule has 5 nitrogen and oxygen atoms in total.